The van der Waals surface area contributed by atoms with Gasteiger partial charge in [-0.3, -0.25) is 4.79 Å². The lowest BCUT2D eigenvalue weighted by molar-refractivity contribution is 0.0881. The molecule has 0 bridgehead atoms. The highest BCUT2D eigenvalue weighted by atomic mass is 16.5. The van der Waals surface area contributed by atoms with E-state index >= 15 is 0 Å². The summed E-state index contributed by atoms with van der Waals surface area (Å²) in [6, 6.07) is 15.1. The summed E-state index contributed by atoms with van der Waals surface area (Å²) in [5.74, 6) is 0.691. The van der Waals surface area contributed by atoms with Gasteiger partial charge in [0, 0.05) is 5.39 Å². The molecule has 3 rings (SSSR count). The zero-order valence-electron chi connectivity index (χ0n) is 15.3. The standard InChI is InChI=1S/C21H24N2O3/c1-21(2,3)16-8-10-18(11-9-16)26-14-17(24)13-23-20(25)19-7-5-4-6-15(19)12-22-23/h4-12,17,24H,13-14H2,1-3H3. The molecule has 1 unspecified atom stereocenters. The number of aliphatic hydroxyl groups is 1. The number of hydrogen-bond donors (Lipinski definition) is 1. The molecule has 0 saturated heterocycles. The van der Waals surface area contributed by atoms with E-state index in [0.29, 0.717) is 11.1 Å². The summed E-state index contributed by atoms with van der Waals surface area (Å²) in [7, 11) is 0. The number of rotatable bonds is 5. The van der Waals surface area contributed by atoms with Crippen LogP contribution in [-0.4, -0.2) is 27.6 Å². The minimum Gasteiger partial charge on any atom is -0.491 e. The van der Waals surface area contributed by atoms with E-state index in [1.165, 1.54) is 10.2 Å². The second-order valence-corrected chi connectivity index (χ2v) is 7.46. The fourth-order valence-electron chi connectivity index (χ4n) is 2.75. The Bertz CT molecular complexity index is 940. The zero-order valence-corrected chi connectivity index (χ0v) is 15.3. The van der Waals surface area contributed by atoms with Crippen LogP contribution in [0.4, 0.5) is 0 Å². The molecule has 5 heteroatoms. The van der Waals surface area contributed by atoms with Gasteiger partial charge in [0.1, 0.15) is 18.5 Å². The Morgan fingerprint density at radius 3 is 2.50 bits per heavy atom. The molecular weight excluding hydrogens is 328 g/mol. The summed E-state index contributed by atoms with van der Waals surface area (Å²) in [4.78, 5) is 12.4. The van der Waals surface area contributed by atoms with Crippen LogP contribution in [0.5, 0.6) is 5.75 Å². The maximum absolute atomic E-state index is 12.4. The molecule has 26 heavy (non-hydrogen) atoms. The van der Waals surface area contributed by atoms with Crippen molar-refractivity contribution in [2.45, 2.75) is 38.8 Å². The lowest BCUT2D eigenvalue weighted by Crippen LogP contribution is -2.31. The van der Waals surface area contributed by atoms with Gasteiger partial charge < -0.3 is 9.84 Å². The molecular formula is C21H24N2O3. The van der Waals surface area contributed by atoms with Crippen LogP contribution < -0.4 is 10.3 Å². The zero-order chi connectivity index (χ0) is 18.7. The first-order chi connectivity index (χ1) is 12.3. The van der Waals surface area contributed by atoms with Crippen molar-refractivity contribution in [2.75, 3.05) is 6.61 Å². The van der Waals surface area contributed by atoms with Crippen LogP contribution in [-0.2, 0) is 12.0 Å². The Labute approximate surface area is 152 Å². The Kier molecular flexibility index (Phi) is 5.09. The summed E-state index contributed by atoms with van der Waals surface area (Å²) in [5.41, 5.74) is 1.09. The minimum absolute atomic E-state index is 0.0843. The maximum atomic E-state index is 12.4. The van der Waals surface area contributed by atoms with E-state index in [1.54, 1.807) is 12.3 Å². The largest absolute Gasteiger partial charge is 0.491 e. The van der Waals surface area contributed by atoms with Gasteiger partial charge in [0.25, 0.3) is 5.56 Å². The van der Waals surface area contributed by atoms with Gasteiger partial charge in [-0.05, 0) is 29.2 Å². The Morgan fingerprint density at radius 2 is 1.81 bits per heavy atom. The van der Waals surface area contributed by atoms with Crippen LogP contribution in [0.15, 0.2) is 59.5 Å². The maximum Gasteiger partial charge on any atom is 0.274 e. The topological polar surface area (TPSA) is 64.3 Å². The third kappa shape index (κ3) is 4.11. The number of ether oxygens (including phenoxy) is 1. The third-order valence-electron chi connectivity index (χ3n) is 4.31. The SMILES string of the molecule is CC(C)(C)c1ccc(OCC(O)Cn2ncc3ccccc3c2=O)cc1. The molecule has 1 aromatic heterocycles. The second-order valence-electron chi connectivity index (χ2n) is 7.46. The molecule has 3 aromatic rings. The summed E-state index contributed by atoms with van der Waals surface area (Å²) in [6.45, 7) is 6.64. The monoisotopic (exact) mass is 352 g/mol. The average molecular weight is 352 g/mol. The third-order valence-corrected chi connectivity index (χ3v) is 4.31. The molecule has 0 saturated carbocycles. The lowest BCUT2D eigenvalue weighted by atomic mass is 9.87. The Hall–Kier alpha value is -2.66. The second kappa shape index (κ2) is 7.30. The summed E-state index contributed by atoms with van der Waals surface area (Å²) >= 11 is 0. The normalized spacial score (nSPS) is 12.9. The first kappa shape index (κ1) is 18.1. The molecule has 0 amide bonds. The Balaban J connectivity index is 1.63. The van der Waals surface area contributed by atoms with Crippen molar-refractivity contribution >= 4 is 10.8 Å². The van der Waals surface area contributed by atoms with E-state index in [9.17, 15) is 9.90 Å². The number of fused-ring (bicyclic) bond motifs is 1. The smallest absolute Gasteiger partial charge is 0.274 e. The van der Waals surface area contributed by atoms with Gasteiger partial charge in [-0.25, -0.2) is 4.68 Å². The van der Waals surface area contributed by atoms with E-state index in [4.69, 9.17) is 4.74 Å². The predicted molar refractivity (Wildman–Crippen MR) is 103 cm³/mol. The molecule has 0 radical (unpaired) electrons. The van der Waals surface area contributed by atoms with E-state index in [1.807, 2.05) is 42.5 Å². The minimum atomic E-state index is -0.830. The molecule has 0 fully saturated rings. The molecule has 5 nitrogen and oxygen atoms in total. The highest BCUT2D eigenvalue weighted by molar-refractivity contribution is 5.80. The van der Waals surface area contributed by atoms with Crippen molar-refractivity contribution in [1.29, 1.82) is 0 Å². The molecule has 1 atom stereocenters. The number of aliphatic hydroxyl groups excluding tert-OH is 1. The first-order valence-electron chi connectivity index (χ1n) is 8.71. The van der Waals surface area contributed by atoms with Crippen LogP contribution in [0, 0.1) is 0 Å². The molecule has 0 aliphatic heterocycles. The number of hydrogen-bond acceptors (Lipinski definition) is 4. The highest BCUT2D eigenvalue weighted by Crippen LogP contribution is 2.24. The Morgan fingerprint density at radius 1 is 1.12 bits per heavy atom. The lowest BCUT2D eigenvalue weighted by Gasteiger charge is -2.19. The summed E-state index contributed by atoms with van der Waals surface area (Å²) < 4.78 is 6.92. The van der Waals surface area contributed by atoms with E-state index in [0.717, 1.165) is 5.39 Å². The number of benzene rings is 2. The average Bonchev–Trinajstić information content (AvgIpc) is 2.62. The van der Waals surface area contributed by atoms with E-state index < -0.39 is 6.10 Å². The quantitative estimate of drug-likeness (QED) is 0.766. The summed E-state index contributed by atoms with van der Waals surface area (Å²) in [5, 5.41) is 15.7. The van der Waals surface area contributed by atoms with Gasteiger partial charge in [-0.15, -0.1) is 0 Å². The van der Waals surface area contributed by atoms with Crippen LogP contribution >= 0.6 is 0 Å². The van der Waals surface area contributed by atoms with Crippen LogP contribution in [0.2, 0.25) is 0 Å². The number of aromatic nitrogens is 2. The molecule has 136 valence electrons. The van der Waals surface area contributed by atoms with Crippen molar-refractivity contribution in [3.8, 4) is 5.75 Å². The van der Waals surface area contributed by atoms with Crippen molar-refractivity contribution in [3.05, 3.63) is 70.6 Å². The molecule has 1 heterocycles. The molecule has 0 aliphatic carbocycles. The van der Waals surface area contributed by atoms with Crippen molar-refractivity contribution < 1.29 is 9.84 Å². The van der Waals surface area contributed by atoms with Gasteiger partial charge in [0.05, 0.1) is 18.1 Å². The predicted octanol–water partition coefficient (Wildman–Crippen LogP) is 3.13. The first-order valence-corrected chi connectivity index (χ1v) is 8.71. The molecule has 1 N–H and O–H groups in total. The fourth-order valence-corrected chi connectivity index (χ4v) is 2.75. The van der Waals surface area contributed by atoms with Gasteiger partial charge >= 0.3 is 0 Å². The van der Waals surface area contributed by atoms with Crippen LogP contribution in [0.25, 0.3) is 10.8 Å². The van der Waals surface area contributed by atoms with Gasteiger partial charge in [0.15, 0.2) is 0 Å². The van der Waals surface area contributed by atoms with Crippen LogP contribution in [0.1, 0.15) is 26.3 Å². The summed E-state index contributed by atoms with van der Waals surface area (Å²) in [6.07, 6.45) is 0.805. The van der Waals surface area contributed by atoms with Gasteiger partial charge in [-0.2, -0.15) is 5.10 Å². The molecule has 0 spiro atoms. The van der Waals surface area contributed by atoms with Crippen LogP contribution in [0.3, 0.4) is 0 Å². The van der Waals surface area contributed by atoms with Gasteiger partial charge in [0.2, 0.25) is 0 Å². The number of nitrogens with zero attached hydrogens (tertiary/aromatic N) is 2. The van der Waals surface area contributed by atoms with Crippen molar-refractivity contribution in [2.24, 2.45) is 0 Å². The van der Waals surface area contributed by atoms with Crippen molar-refractivity contribution in [1.82, 2.24) is 9.78 Å². The van der Waals surface area contributed by atoms with Crippen molar-refractivity contribution in [3.63, 3.8) is 0 Å². The highest BCUT2D eigenvalue weighted by Gasteiger charge is 2.14. The molecule has 2 aromatic carbocycles. The van der Waals surface area contributed by atoms with E-state index in [-0.39, 0.29) is 24.1 Å². The fraction of sp³-hybridized carbons (Fsp3) is 0.333. The molecule has 0 aliphatic rings. The van der Waals surface area contributed by atoms with Gasteiger partial charge in [-0.1, -0.05) is 51.1 Å². The van der Waals surface area contributed by atoms with E-state index in [2.05, 4.69) is 25.9 Å².